The van der Waals surface area contributed by atoms with Gasteiger partial charge in [-0.15, -0.1) is 0 Å². The summed E-state index contributed by atoms with van der Waals surface area (Å²) >= 11 is 0. The highest BCUT2D eigenvalue weighted by Gasteiger charge is 2.14. The van der Waals surface area contributed by atoms with Gasteiger partial charge in [-0.2, -0.15) is 0 Å². The van der Waals surface area contributed by atoms with Gasteiger partial charge in [0.2, 0.25) is 0 Å². The minimum atomic E-state index is -0.352. The second-order valence-electron chi connectivity index (χ2n) is 12.8. The Labute approximate surface area is 272 Å². The van der Waals surface area contributed by atoms with Crippen LogP contribution in [0.25, 0.3) is 0 Å². The topological polar surface area (TPSA) is 65.0 Å². The molecule has 5 nitrogen and oxygen atoms in total. The highest BCUT2D eigenvalue weighted by atomic mass is 16.7. The number of carbonyl (C=O) groups is 1. The third kappa shape index (κ3) is 23.9. The van der Waals surface area contributed by atoms with Crippen molar-refractivity contribution < 1.29 is 24.1 Å². The van der Waals surface area contributed by atoms with Crippen molar-refractivity contribution >= 4 is 5.97 Å². The van der Waals surface area contributed by atoms with E-state index in [9.17, 15) is 9.90 Å². The lowest BCUT2D eigenvalue weighted by Crippen LogP contribution is -2.21. The van der Waals surface area contributed by atoms with Gasteiger partial charge in [0.25, 0.3) is 0 Å². The molecule has 0 heterocycles. The van der Waals surface area contributed by atoms with Gasteiger partial charge >= 0.3 is 5.97 Å². The van der Waals surface area contributed by atoms with Crippen molar-refractivity contribution in [2.45, 2.75) is 194 Å². The lowest BCUT2D eigenvalue weighted by Gasteiger charge is -2.19. The maximum atomic E-state index is 12.7. The quantitative estimate of drug-likeness (QED) is 0.0494. The van der Waals surface area contributed by atoms with Crippen LogP contribution >= 0.6 is 0 Å². The van der Waals surface area contributed by atoms with E-state index in [4.69, 9.17) is 14.2 Å². The van der Waals surface area contributed by atoms with E-state index in [-0.39, 0.29) is 31.9 Å². The molecule has 0 unspecified atom stereocenters. The van der Waals surface area contributed by atoms with Crippen LogP contribution in [0.4, 0.5) is 0 Å². The Morgan fingerprint density at radius 2 is 1.02 bits per heavy atom. The van der Waals surface area contributed by atoms with Crippen LogP contribution in [-0.4, -0.2) is 30.6 Å². The Morgan fingerprint density at radius 3 is 1.52 bits per heavy atom. The lowest BCUT2D eigenvalue weighted by atomic mass is 10.0. The summed E-state index contributed by atoms with van der Waals surface area (Å²) in [5.41, 5.74) is 3.05. The number of aliphatic hydroxyl groups excluding tert-OH is 1. The first-order valence-corrected chi connectivity index (χ1v) is 18.7. The molecular formula is C39H70O5. The third-order valence-corrected chi connectivity index (χ3v) is 8.45. The molecule has 0 amide bonds. The lowest BCUT2D eigenvalue weighted by molar-refractivity contribution is -0.160. The molecule has 0 bridgehead atoms. The fourth-order valence-electron chi connectivity index (χ4n) is 5.68. The molecular weight excluding hydrogens is 548 g/mol. The number of benzene rings is 1. The molecule has 0 saturated carbocycles. The van der Waals surface area contributed by atoms with Gasteiger partial charge in [0.05, 0.1) is 13.0 Å². The van der Waals surface area contributed by atoms with Crippen LogP contribution in [-0.2, 0) is 38.6 Å². The van der Waals surface area contributed by atoms with Crippen LogP contribution in [0.5, 0.6) is 0 Å². The van der Waals surface area contributed by atoms with Gasteiger partial charge in [0.1, 0.15) is 6.61 Å². The molecule has 0 radical (unpaired) electrons. The number of hydrogen-bond donors (Lipinski definition) is 1. The zero-order valence-electron chi connectivity index (χ0n) is 29.2. The minimum absolute atomic E-state index is 0.000111. The summed E-state index contributed by atoms with van der Waals surface area (Å²) < 4.78 is 17.8. The number of carbonyl (C=O) groups excluding carboxylic acids is 1. The number of hydrogen-bond acceptors (Lipinski definition) is 5. The Bertz CT molecular complexity index is 762. The van der Waals surface area contributed by atoms with Gasteiger partial charge in [-0.05, 0) is 42.4 Å². The summed E-state index contributed by atoms with van der Waals surface area (Å²) in [6, 6.07) is 6.17. The number of ether oxygens (including phenoxy) is 3. The van der Waals surface area contributed by atoms with Gasteiger partial charge in [0.15, 0.2) is 6.29 Å². The summed E-state index contributed by atoms with van der Waals surface area (Å²) in [6.45, 7) is 8.33. The Balaban J connectivity index is 2.43. The number of aliphatic hydroxyl groups is 1. The van der Waals surface area contributed by atoms with Crippen molar-refractivity contribution in [3.05, 3.63) is 34.9 Å². The van der Waals surface area contributed by atoms with Crippen molar-refractivity contribution in [3.8, 4) is 0 Å². The maximum absolute atomic E-state index is 12.7. The molecule has 0 aliphatic carbocycles. The van der Waals surface area contributed by atoms with Gasteiger partial charge in [-0.3, -0.25) is 4.79 Å². The molecule has 0 spiro atoms. The van der Waals surface area contributed by atoms with E-state index >= 15 is 0 Å². The Hall–Kier alpha value is -1.43. The van der Waals surface area contributed by atoms with E-state index in [0.29, 0.717) is 19.6 Å². The van der Waals surface area contributed by atoms with Crippen LogP contribution in [0, 0.1) is 0 Å². The SMILES string of the molecule is CCCCCCCCCCCc1cc(CO)cc(COC(=O)CCC(OCCCCCCCC)OCCCCCCCC)c1. The monoisotopic (exact) mass is 619 g/mol. The second kappa shape index (κ2) is 30.2. The summed E-state index contributed by atoms with van der Waals surface area (Å²) in [5.74, 6) is -0.226. The van der Waals surface area contributed by atoms with E-state index in [0.717, 1.165) is 36.8 Å². The second-order valence-corrected chi connectivity index (χ2v) is 12.8. The maximum Gasteiger partial charge on any atom is 0.306 e. The molecule has 256 valence electrons. The first-order valence-electron chi connectivity index (χ1n) is 18.7. The van der Waals surface area contributed by atoms with E-state index in [1.807, 2.05) is 6.07 Å². The highest BCUT2D eigenvalue weighted by molar-refractivity contribution is 5.69. The largest absolute Gasteiger partial charge is 0.461 e. The number of rotatable bonds is 32. The molecule has 1 rings (SSSR count). The number of aryl methyl sites for hydroxylation is 1. The average molecular weight is 619 g/mol. The highest BCUT2D eigenvalue weighted by Crippen LogP contribution is 2.17. The minimum Gasteiger partial charge on any atom is -0.461 e. The predicted molar refractivity (Wildman–Crippen MR) is 185 cm³/mol. The van der Waals surface area contributed by atoms with Crippen LogP contribution in [0.3, 0.4) is 0 Å². The molecule has 0 fully saturated rings. The van der Waals surface area contributed by atoms with E-state index in [2.05, 4.69) is 32.9 Å². The molecule has 5 heteroatoms. The van der Waals surface area contributed by atoms with Gasteiger partial charge in [-0.25, -0.2) is 0 Å². The summed E-state index contributed by atoms with van der Waals surface area (Å²) in [6.07, 6.45) is 27.9. The molecule has 1 aromatic rings. The molecule has 0 aromatic heterocycles. The van der Waals surface area contributed by atoms with Gasteiger partial charge in [-0.1, -0.05) is 155 Å². The Kier molecular flexibility index (Phi) is 27.9. The van der Waals surface area contributed by atoms with E-state index in [1.54, 1.807) is 0 Å². The fraction of sp³-hybridized carbons (Fsp3) is 0.821. The number of unbranched alkanes of at least 4 members (excludes halogenated alkanes) is 18. The smallest absolute Gasteiger partial charge is 0.306 e. The fourth-order valence-corrected chi connectivity index (χ4v) is 5.68. The van der Waals surface area contributed by atoms with Gasteiger partial charge < -0.3 is 19.3 Å². The number of esters is 1. The van der Waals surface area contributed by atoms with E-state index < -0.39 is 0 Å². The zero-order valence-corrected chi connectivity index (χ0v) is 29.2. The van der Waals surface area contributed by atoms with Crippen LogP contribution in [0.2, 0.25) is 0 Å². The zero-order chi connectivity index (χ0) is 31.9. The van der Waals surface area contributed by atoms with Gasteiger partial charge in [0, 0.05) is 19.6 Å². The third-order valence-electron chi connectivity index (χ3n) is 8.45. The molecule has 0 aliphatic heterocycles. The molecule has 0 aliphatic rings. The van der Waals surface area contributed by atoms with E-state index in [1.165, 1.54) is 121 Å². The molecule has 1 N–H and O–H groups in total. The molecule has 0 saturated heterocycles. The van der Waals surface area contributed by atoms with Crippen LogP contribution in [0.15, 0.2) is 18.2 Å². The van der Waals surface area contributed by atoms with Crippen molar-refractivity contribution in [1.29, 1.82) is 0 Å². The Morgan fingerprint density at radius 1 is 0.591 bits per heavy atom. The van der Waals surface area contributed by atoms with Crippen molar-refractivity contribution in [2.75, 3.05) is 13.2 Å². The molecule has 0 atom stereocenters. The average Bonchev–Trinajstić information content (AvgIpc) is 3.04. The standard InChI is InChI=1S/C39H70O5/c1-4-7-10-13-16-17-18-19-22-25-35-30-36(33-40)32-37(31-35)34-44-38(41)26-27-39(42-28-23-20-14-11-8-5-2)43-29-24-21-15-12-9-6-3/h30-32,39-40H,4-29,33-34H2,1-3H3. The van der Waals surface area contributed by atoms with Crippen LogP contribution in [0.1, 0.15) is 185 Å². The normalized spacial score (nSPS) is 11.5. The molecule has 44 heavy (non-hydrogen) atoms. The first kappa shape index (κ1) is 40.6. The summed E-state index contributed by atoms with van der Waals surface area (Å²) in [5, 5.41) is 9.79. The molecule has 1 aromatic carbocycles. The van der Waals surface area contributed by atoms with Crippen molar-refractivity contribution in [2.24, 2.45) is 0 Å². The van der Waals surface area contributed by atoms with Crippen molar-refractivity contribution in [1.82, 2.24) is 0 Å². The summed E-state index contributed by atoms with van der Waals surface area (Å²) in [4.78, 5) is 12.7. The predicted octanol–water partition coefficient (Wildman–Crippen LogP) is 11.2. The van der Waals surface area contributed by atoms with Crippen molar-refractivity contribution in [3.63, 3.8) is 0 Å². The first-order chi connectivity index (χ1) is 21.6. The summed E-state index contributed by atoms with van der Waals surface area (Å²) in [7, 11) is 0. The van der Waals surface area contributed by atoms with Crippen LogP contribution < -0.4 is 0 Å².